The molecule has 1 rings (SSSR count). The molecule has 0 aromatic carbocycles. The maximum Gasteiger partial charge on any atom is 0.250 e. The number of hydrogen-bond acceptors (Lipinski definition) is 4. The van der Waals surface area contributed by atoms with Gasteiger partial charge in [-0.3, -0.25) is 0 Å². The first-order chi connectivity index (χ1) is 6.86. The van der Waals surface area contributed by atoms with E-state index >= 15 is 0 Å². The maximum atomic E-state index is 11.8. The number of aryl methyl sites for hydroxylation is 1. The largest absolute Gasteiger partial charge is 0.329 e. The lowest BCUT2D eigenvalue weighted by molar-refractivity contribution is 0.564. The van der Waals surface area contributed by atoms with E-state index in [1.54, 1.807) is 13.0 Å². The summed E-state index contributed by atoms with van der Waals surface area (Å²) < 4.78 is 27.2. The Bertz CT molecular complexity index is 427. The minimum atomic E-state index is -3.41. The summed E-state index contributed by atoms with van der Waals surface area (Å²) in [4.78, 5) is 0. The molecule has 0 aliphatic heterocycles. The van der Waals surface area contributed by atoms with Gasteiger partial charge in [0.25, 0.3) is 0 Å². The molecule has 1 heterocycles. The van der Waals surface area contributed by atoms with Gasteiger partial charge in [-0.2, -0.15) is 0 Å². The van der Waals surface area contributed by atoms with Gasteiger partial charge in [0.1, 0.15) is 4.21 Å². The van der Waals surface area contributed by atoms with E-state index in [-0.39, 0.29) is 25.0 Å². The predicted molar refractivity (Wildman–Crippen MR) is 72.8 cm³/mol. The smallest absolute Gasteiger partial charge is 0.250 e. The molecule has 0 fully saturated rings. The molecular formula is C8H14BrClN2O2S2. The summed E-state index contributed by atoms with van der Waals surface area (Å²) in [5.41, 5.74) is 6.28. The molecule has 0 saturated carbocycles. The summed E-state index contributed by atoms with van der Waals surface area (Å²) in [6, 6.07) is 1.39. The van der Waals surface area contributed by atoms with E-state index in [4.69, 9.17) is 5.73 Å². The van der Waals surface area contributed by atoms with Crippen LogP contribution in [0.25, 0.3) is 0 Å². The van der Waals surface area contributed by atoms with Gasteiger partial charge in [0, 0.05) is 12.6 Å². The predicted octanol–water partition coefficient (Wildman–Crippen LogP) is 1.87. The van der Waals surface area contributed by atoms with Gasteiger partial charge in [0.15, 0.2) is 0 Å². The first-order valence-corrected chi connectivity index (χ1v) is 7.44. The third-order valence-corrected chi connectivity index (χ3v) is 6.01. The number of hydrogen-bond donors (Lipinski definition) is 2. The molecule has 0 aliphatic carbocycles. The van der Waals surface area contributed by atoms with Gasteiger partial charge in [0.05, 0.1) is 3.79 Å². The van der Waals surface area contributed by atoms with E-state index < -0.39 is 10.0 Å². The van der Waals surface area contributed by atoms with E-state index in [1.165, 1.54) is 11.3 Å². The molecule has 0 saturated heterocycles. The van der Waals surface area contributed by atoms with Gasteiger partial charge in [-0.15, -0.1) is 23.7 Å². The summed E-state index contributed by atoms with van der Waals surface area (Å²) in [6.45, 7) is 3.86. The molecule has 0 aliphatic rings. The SMILES string of the molecule is Cc1cc(S(=O)(=O)N[C@H](C)CN)sc1Br.Cl. The van der Waals surface area contributed by atoms with Gasteiger partial charge in [0.2, 0.25) is 10.0 Å². The molecule has 8 heteroatoms. The van der Waals surface area contributed by atoms with E-state index in [0.717, 1.165) is 9.35 Å². The van der Waals surface area contributed by atoms with E-state index in [2.05, 4.69) is 20.7 Å². The van der Waals surface area contributed by atoms with Gasteiger partial charge < -0.3 is 5.73 Å². The number of nitrogens with two attached hydrogens (primary N) is 1. The van der Waals surface area contributed by atoms with Crippen molar-refractivity contribution in [2.75, 3.05) is 6.54 Å². The lowest BCUT2D eigenvalue weighted by atomic mass is 10.4. The van der Waals surface area contributed by atoms with Crippen molar-refractivity contribution in [1.82, 2.24) is 4.72 Å². The minimum absolute atomic E-state index is 0. The normalized spacial score (nSPS) is 13.2. The fourth-order valence-electron chi connectivity index (χ4n) is 0.935. The molecule has 3 N–H and O–H groups in total. The van der Waals surface area contributed by atoms with Crippen molar-refractivity contribution in [1.29, 1.82) is 0 Å². The number of nitrogens with one attached hydrogen (secondary N) is 1. The summed E-state index contributed by atoms with van der Waals surface area (Å²) in [5.74, 6) is 0. The molecule has 1 aromatic heterocycles. The third-order valence-electron chi connectivity index (χ3n) is 1.81. The van der Waals surface area contributed by atoms with E-state index in [1.807, 2.05) is 6.92 Å². The zero-order valence-corrected chi connectivity index (χ0v) is 12.9. The first-order valence-electron chi connectivity index (χ1n) is 4.35. The Kier molecular flexibility index (Phi) is 6.45. The second kappa shape index (κ2) is 6.32. The van der Waals surface area contributed by atoms with E-state index in [9.17, 15) is 8.42 Å². The van der Waals surface area contributed by atoms with Crippen LogP contribution in [0, 0.1) is 6.92 Å². The fourth-order valence-corrected chi connectivity index (χ4v) is 4.43. The molecule has 0 spiro atoms. The highest BCUT2D eigenvalue weighted by Gasteiger charge is 2.19. The van der Waals surface area contributed by atoms with Gasteiger partial charge in [-0.25, -0.2) is 13.1 Å². The van der Waals surface area contributed by atoms with Crippen molar-refractivity contribution in [3.8, 4) is 0 Å². The Balaban J connectivity index is 0.00000225. The number of rotatable bonds is 4. The Morgan fingerprint density at radius 2 is 2.19 bits per heavy atom. The van der Waals surface area contributed by atoms with Crippen LogP contribution in [0.15, 0.2) is 14.1 Å². The molecule has 4 nitrogen and oxygen atoms in total. The second-order valence-corrected chi connectivity index (χ2v) is 7.59. The Morgan fingerprint density at radius 1 is 1.62 bits per heavy atom. The molecular weight excluding hydrogens is 336 g/mol. The van der Waals surface area contributed by atoms with Crippen LogP contribution < -0.4 is 10.5 Å². The van der Waals surface area contributed by atoms with Crippen LogP contribution in [0.1, 0.15) is 12.5 Å². The number of halogens is 2. The van der Waals surface area contributed by atoms with Crippen molar-refractivity contribution in [2.24, 2.45) is 5.73 Å². The van der Waals surface area contributed by atoms with Crippen molar-refractivity contribution < 1.29 is 8.42 Å². The van der Waals surface area contributed by atoms with Gasteiger partial charge in [-0.1, -0.05) is 0 Å². The van der Waals surface area contributed by atoms with Crippen LogP contribution in [-0.4, -0.2) is 21.0 Å². The molecule has 0 unspecified atom stereocenters. The van der Waals surface area contributed by atoms with Crippen LogP contribution in [0.3, 0.4) is 0 Å². The monoisotopic (exact) mass is 348 g/mol. The molecule has 1 aromatic rings. The van der Waals surface area contributed by atoms with Crippen molar-refractivity contribution in [3.05, 3.63) is 15.4 Å². The van der Waals surface area contributed by atoms with Gasteiger partial charge in [-0.05, 0) is 41.4 Å². The van der Waals surface area contributed by atoms with E-state index in [0.29, 0.717) is 4.21 Å². The average Bonchev–Trinajstić information content (AvgIpc) is 2.47. The number of thiophene rings is 1. The molecule has 0 amide bonds. The average molecular weight is 350 g/mol. The molecule has 1 atom stereocenters. The maximum absolute atomic E-state index is 11.8. The highest BCUT2D eigenvalue weighted by Crippen LogP contribution is 2.30. The fraction of sp³-hybridized carbons (Fsp3) is 0.500. The second-order valence-electron chi connectivity index (χ2n) is 3.28. The Morgan fingerprint density at radius 3 is 2.56 bits per heavy atom. The summed E-state index contributed by atoms with van der Waals surface area (Å²) in [6.07, 6.45) is 0. The Labute approximate surface area is 114 Å². The van der Waals surface area contributed by atoms with Crippen LogP contribution in [0.5, 0.6) is 0 Å². The lowest BCUT2D eigenvalue weighted by Crippen LogP contribution is -2.37. The summed E-state index contributed by atoms with van der Waals surface area (Å²) in [5, 5.41) is 0. The first kappa shape index (κ1) is 16.3. The zero-order chi connectivity index (χ0) is 11.6. The van der Waals surface area contributed by atoms with Crippen LogP contribution >= 0.6 is 39.7 Å². The summed E-state index contributed by atoms with van der Waals surface area (Å²) in [7, 11) is -3.41. The third kappa shape index (κ3) is 3.97. The summed E-state index contributed by atoms with van der Waals surface area (Å²) >= 11 is 4.49. The molecule has 0 radical (unpaired) electrons. The lowest BCUT2D eigenvalue weighted by Gasteiger charge is -2.09. The van der Waals surface area contributed by atoms with Crippen LogP contribution in [0.2, 0.25) is 0 Å². The van der Waals surface area contributed by atoms with Crippen molar-refractivity contribution in [2.45, 2.75) is 24.1 Å². The van der Waals surface area contributed by atoms with Crippen LogP contribution in [-0.2, 0) is 10.0 Å². The molecule has 94 valence electrons. The van der Waals surface area contributed by atoms with Crippen molar-refractivity contribution >= 4 is 49.7 Å². The minimum Gasteiger partial charge on any atom is -0.329 e. The van der Waals surface area contributed by atoms with Crippen molar-refractivity contribution in [3.63, 3.8) is 0 Å². The highest BCUT2D eigenvalue weighted by molar-refractivity contribution is 9.11. The van der Waals surface area contributed by atoms with Crippen LogP contribution in [0.4, 0.5) is 0 Å². The highest BCUT2D eigenvalue weighted by atomic mass is 79.9. The Hall–Kier alpha value is 0.340. The number of sulfonamides is 1. The van der Waals surface area contributed by atoms with Gasteiger partial charge >= 0.3 is 0 Å². The molecule has 16 heavy (non-hydrogen) atoms. The topological polar surface area (TPSA) is 72.2 Å². The quantitative estimate of drug-likeness (QED) is 0.871. The molecule has 0 bridgehead atoms. The zero-order valence-electron chi connectivity index (χ0n) is 8.86. The standard InChI is InChI=1S/C8H13BrN2O2S2.ClH/c1-5-3-7(14-8(5)9)15(12,13)11-6(2)4-10;/h3,6,11H,4,10H2,1-2H3;1H/t6-;/m1./s1.